The van der Waals surface area contributed by atoms with E-state index in [1.54, 1.807) is 0 Å². The molecule has 0 aliphatic heterocycles. The van der Waals surface area contributed by atoms with Crippen molar-refractivity contribution in [3.05, 3.63) is 243 Å². The largest absolute Gasteiger partial charge is 0.179 e. The fraction of sp³-hybridized carbons (Fsp3) is 0. The molecule has 0 atom stereocenters. The highest BCUT2D eigenvalue weighted by molar-refractivity contribution is 7.20. The normalized spacial score (nSPS) is 11.9. The average molecular weight is 745 g/mol. The Morgan fingerprint density at radius 3 is 0.625 bits per heavy atom. The maximum absolute atomic E-state index is 2.71. The lowest BCUT2D eigenvalue weighted by Crippen LogP contribution is -2.74. The summed E-state index contributed by atoms with van der Waals surface area (Å²) in [5, 5.41) is 18.8. The molecule has 0 bridgehead atoms. The Morgan fingerprint density at radius 2 is 0.375 bits per heavy atom. The van der Waals surface area contributed by atoms with E-state index in [1.807, 2.05) is 0 Å². The van der Waals surface area contributed by atoms with Gasteiger partial charge in [-0.25, -0.2) is 0 Å². The zero-order chi connectivity index (χ0) is 37.4. The Balaban J connectivity index is 1.29. The van der Waals surface area contributed by atoms with Crippen molar-refractivity contribution >= 4 is 90.0 Å². The Kier molecular flexibility index (Phi) is 8.63. The van der Waals surface area contributed by atoms with Crippen LogP contribution in [0.2, 0.25) is 0 Å². The minimum absolute atomic E-state index is 1.29. The van der Waals surface area contributed by atoms with E-state index in [0.29, 0.717) is 0 Å². The van der Waals surface area contributed by atoms with Crippen molar-refractivity contribution in [1.29, 1.82) is 0 Å². The summed E-state index contributed by atoms with van der Waals surface area (Å²) in [5.41, 5.74) is 0. The van der Waals surface area contributed by atoms with E-state index < -0.39 is 16.1 Å². The zero-order valence-corrected chi connectivity index (χ0v) is 33.1. The van der Waals surface area contributed by atoms with Gasteiger partial charge < -0.3 is 0 Å². The maximum atomic E-state index is 2.54. The molecular formula is C54H40Si2. The fourth-order valence-corrected chi connectivity index (χ4v) is 19.1. The summed E-state index contributed by atoms with van der Waals surface area (Å²) in [5.74, 6) is 0. The summed E-state index contributed by atoms with van der Waals surface area (Å²) in [6.45, 7) is 0. The van der Waals surface area contributed by atoms with E-state index in [-0.39, 0.29) is 0 Å². The molecule has 264 valence electrons. The fourth-order valence-electron chi connectivity index (χ4n) is 9.55. The monoisotopic (exact) mass is 744 g/mol. The maximum Gasteiger partial charge on any atom is 0.179 e. The predicted molar refractivity (Wildman–Crippen MR) is 246 cm³/mol. The van der Waals surface area contributed by atoms with Crippen LogP contribution in [0.1, 0.15) is 0 Å². The van der Waals surface area contributed by atoms with Gasteiger partial charge in [-0.3, -0.25) is 0 Å². The van der Waals surface area contributed by atoms with Gasteiger partial charge in [-0.1, -0.05) is 243 Å². The first-order valence-corrected chi connectivity index (χ1v) is 23.5. The second-order valence-corrected chi connectivity index (χ2v) is 22.4. The molecule has 10 rings (SSSR count). The van der Waals surface area contributed by atoms with Gasteiger partial charge in [0.25, 0.3) is 0 Å². The van der Waals surface area contributed by atoms with Gasteiger partial charge in [0.2, 0.25) is 0 Å². The molecule has 0 saturated heterocycles. The van der Waals surface area contributed by atoms with Crippen molar-refractivity contribution in [3.8, 4) is 0 Å². The summed E-state index contributed by atoms with van der Waals surface area (Å²) in [4.78, 5) is 0. The molecule has 0 fully saturated rings. The van der Waals surface area contributed by atoms with Crippen LogP contribution in [0.25, 0.3) is 32.3 Å². The van der Waals surface area contributed by atoms with E-state index >= 15 is 0 Å². The first-order valence-electron chi connectivity index (χ1n) is 19.5. The molecule has 10 aromatic rings. The Labute approximate surface area is 331 Å². The van der Waals surface area contributed by atoms with Crippen LogP contribution in [0.4, 0.5) is 0 Å². The number of rotatable bonds is 8. The average Bonchev–Trinajstić information content (AvgIpc) is 3.29. The molecule has 0 aliphatic carbocycles. The van der Waals surface area contributed by atoms with Crippen LogP contribution in [0.5, 0.6) is 0 Å². The zero-order valence-electron chi connectivity index (χ0n) is 31.1. The summed E-state index contributed by atoms with van der Waals surface area (Å²) in [7, 11) is -5.43. The van der Waals surface area contributed by atoms with E-state index in [2.05, 4.69) is 243 Å². The van der Waals surface area contributed by atoms with Crippen molar-refractivity contribution in [2.75, 3.05) is 0 Å². The molecule has 56 heavy (non-hydrogen) atoms. The number of benzene rings is 10. The van der Waals surface area contributed by atoms with Crippen molar-refractivity contribution in [2.45, 2.75) is 0 Å². The number of fused-ring (bicyclic) bond motifs is 6. The first-order chi connectivity index (χ1) is 27.8. The molecule has 0 amide bonds. The SMILES string of the molecule is c1ccc([Si](c2ccccc2)(c2ccccc2)c2ccc3c4ccc([Si](c5ccccc5)(c5ccccc5)c5ccccc5)cc4c4ccccc4c3c2)cc1. The summed E-state index contributed by atoms with van der Waals surface area (Å²) >= 11 is 0. The lowest BCUT2D eigenvalue weighted by molar-refractivity contribution is 1.67. The molecule has 0 heterocycles. The molecule has 0 radical (unpaired) electrons. The third-order valence-electron chi connectivity index (χ3n) is 11.9. The highest BCUT2D eigenvalue weighted by atomic mass is 28.3. The molecule has 0 N–H and O–H groups in total. The molecule has 0 unspecified atom stereocenters. The molecule has 0 nitrogen and oxygen atoms in total. The Bertz CT molecular complexity index is 2510. The molecule has 0 aromatic heterocycles. The second-order valence-electron chi connectivity index (χ2n) is 14.8. The Hall–Kier alpha value is -6.59. The predicted octanol–water partition coefficient (Wildman–Crippen LogP) is 7.90. The van der Waals surface area contributed by atoms with Crippen molar-refractivity contribution in [1.82, 2.24) is 0 Å². The second kappa shape index (κ2) is 14.2. The van der Waals surface area contributed by atoms with Gasteiger partial charge in [-0.15, -0.1) is 0 Å². The van der Waals surface area contributed by atoms with Gasteiger partial charge in [0, 0.05) is 0 Å². The van der Waals surface area contributed by atoms with Crippen LogP contribution in [0, 0.1) is 0 Å². The van der Waals surface area contributed by atoms with Crippen LogP contribution < -0.4 is 41.5 Å². The third kappa shape index (κ3) is 5.33. The number of hydrogen-bond donors (Lipinski definition) is 0. The van der Waals surface area contributed by atoms with Gasteiger partial charge in [0.1, 0.15) is 0 Å². The lowest BCUT2D eigenvalue weighted by Gasteiger charge is -2.35. The minimum atomic E-state index is -2.71. The minimum Gasteiger partial charge on any atom is -0.0623 e. The molecule has 0 aliphatic rings. The quantitative estimate of drug-likeness (QED) is 0.0844. The van der Waals surface area contributed by atoms with Crippen LogP contribution in [0.15, 0.2) is 243 Å². The third-order valence-corrected chi connectivity index (χ3v) is 21.5. The summed E-state index contributed by atoms with van der Waals surface area (Å²) < 4.78 is 0. The summed E-state index contributed by atoms with van der Waals surface area (Å²) in [6.07, 6.45) is 0. The van der Waals surface area contributed by atoms with Crippen LogP contribution >= 0.6 is 0 Å². The van der Waals surface area contributed by atoms with Gasteiger partial charge in [0.15, 0.2) is 16.1 Å². The van der Waals surface area contributed by atoms with Gasteiger partial charge >= 0.3 is 0 Å². The van der Waals surface area contributed by atoms with Crippen molar-refractivity contribution in [2.24, 2.45) is 0 Å². The molecule has 0 spiro atoms. The van der Waals surface area contributed by atoms with Gasteiger partial charge in [0.05, 0.1) is 0 Å². The molecule has 0 saturated carbocycles. The Morgan fingerprint density at radius 1 is 0.161 bits per heavy atom. The van der Waals surface area contributed by atoms with E-state index in [0.717, 1.165) is 0 Å². The van der Waals surface area contributed by atoms with E-state index in [1.165, 1.54) is 73.8 Å². The summed E-state index contributed by atoms with van der Waals surface area (Å²) in [6, 6.07) is 91.3. The molecule has 10 aromatic carbocycles. The highest BCUT2D eigenvalue weighted by Crippen LogP contribution is 2.35. The van der Waals surface area contributed by atoms with Crippen molar-refractivity contribution in [3.63, 3.8) is 0 Å². The van der Waals surface area contributed by atoms with Gasteiger partial charge in [-0.05, 0) is 73.8 Å². The van der Waals surface area contributed by atoms with Gasteiger partial charge in [-0.2, -0.15) is 0 Å². The molecular weight excluding hydrogens is 705 g/mol. The van der Waals surface area contributed by atoms with Crippen LogP contribution in [0.3, 0.4) is 0 Å². The lowest BCUT2D eigenvalue weighted by atomic mass is 9.94. The van der Waals surface area contributed by atoms with E-state index in [9.17, 15) is 0 Å². The smallest absolute Gasteiger partial charge is 0.0623 e. The number of hydrogen-bond acceptors (Lipinski definition) is 0. The molecule has 2 heteroatoms. The van der Waals surface area contributed by atoms with E-state index in [4.69, 9.17) is 0 Å². The first kappa shape index (κ1) is 33.9. The van der Waals surface area contributed by atoms with Crippen LogP contribution in [-0.2, 0) is 0 Å². The van der Waals surface area contributed by atoms with Crippen LogP contribution in [-0.4, -0.2) is 16.1 Å². The highest BCUT2D eigenvalue weighted by Gasteiger charge is 2.43. The van der Waals surface area contributed by atoms with Crippen molar-refractivity contribution < 1.29 is 0 Å². The topological polar surface area (TPSA) is 0 Å². The standard InChI is InChI=1S/C54H40Si2/c1-7-21-41(22-8-1)55(42-23-9-2-10-24-42,43-25-11-3-12-26-43)47-35-37-51-52-38-36-48(40-54(52)50-34-20-19-33-49(50)53(51)39-47)56(44-27-13-4-14-28-44,45-29-15-5-16-30-45)46-31-17-6-18-32-46/h1-40H.